The van der Waals surface area contributed by atoms with E-state index in [0.29, 0.717) is 0 Å². The molecule has 0 spiro atoms. The van der Waals surface area contributed by atoms with Gasteiger partial charge in [0.05, 0.1) is 18.2 Å². The molecule has 118 valence electrons. The molecule has 5 heteroatoms. The van der Waals surface area contributed by atoms with Crippen molar-refractivity contribution in [2.75, 3.05) is 0 Å². The Balaban J connectivity index is 1.74. The van der Waals surface area contributed by atoms with Crippen LogP contribution in [0.5, 0.6) is 0 Å². The van der Waals surface area contributed by atoms with Crippen molar-refractivity contribution in [2.24, 2.45) is 11.0 Å². The smallest absolute Gasteiger partial charge is 0.240 e. The quantitative estimate of drug-likeness (QED) is 0.842. The van der Waals surface area contributed by atoms with Gasteiger partial charge in [-0.3, -0.25) is 4.79 Å². The zero-order valence-electron chi connectivity index (χ0n) is 12.9. The van der Waals surface area contributed by atoms with E-state index in [1.54, 1.807) is 24.5 Å². The lowest BCUT2D eigenvalue weighted by molar-refractivity contribution is -0.131. The highest BCUT2D eigenvalue weighted by Gasteiger charge is 2.44. The maximum atomic E-state index is 12.1. The maximum absolute atomic E-state index is 12.1. The first-order valence-electron chi connectivity index (χ1n) is 7.90. The number of hydrogen-bond donors (Lipinski definition) is 0. The summed E-state index contributed by atoms with van der Waals surface area (Å²) in [7, 11) is 0. The van der Waals surface area contributed by atoms with Crippen molar-refractivity contribution in [3.63, 3.8) is 0 Å². The van der Waals surface area contributed by atoms with E-state index in [9.17, 15) is 4.79 Å². The minimum absolute atomic E-state index is 0.0642. The number of hydrazone groups is 1. The number of carbonyl (C=O) groups is 1. The van der Waals surface area contributed by atoms with E-state index in [1.807, 2.05) is 30.3 Å². The predicted molar refractivity (Wildman–Crippen MR) is 85.4 cm³/mol. The van der Waals surface area contributed by atoms with E-state index < -0.39 is 0 Å². The Hall–Kier alpha value is -2.56. The summed E-state index contributed by atoms with van der Waals surface area (Å²) in [5.41, 5.74) is 2.14. The number of furan rings is 2. The fourth-order valence-electron chi connectivity index (χ4n) is 3.55. The van der Waals surface area contributed by atoms with Gasteiger partial charge in [0.2, 0.25) is 5.91 Å². The van der Waals surface area contributed by atoms with Crippen LogP contribution >= 0.6 is 0 Å². The first-order valence-corrected chi connectivity index (χ1v) is 7.90. The van der Waals surface area contributed by atoms with Crippen molar-refractivity contribution >= 4 is 17.7 Å². The van der Waals surface area contributed by atoms with Crippen LogP contribution in [-0.4, -0.2) is 16.6 Å². The molecule has 2 aromatic heterocycles. The monoisotopic (exact) mass is 310 g/mol. The first-order chi connectivity index (χ1) is 11.2. The van der Waals surface area contributed by atoms with Gasteiger partial charge in [-0.15, -0.1) is 0 Å². The second kappa shape index (κ2) is 5.57. The number of carbonyl (C=O) groups excluding carboxylic acids is 1. The van der Waals surface area contributed by atoms with Crippen LogP contribution in [0.1, 0.15) is 43.7 Å². The van der Waals surface area contributed by atoms with Crippen LogP contribution in [0.3, 0.4) is 0 Å². The van der Waals surface area contributed by atoms with Gasteiger partial charge in [-0.2, -0.15) is 5.10 Å². The van der Waals surface area contributed by atoms with Gasteiger partial charge in [0.25, 0.3) is 0 Å². The summed E-state index contributed by atoms with van der Waals surface area (Å²) in [4.78, 5) is 12.1. The van der Waals surface area contributed by atoms with Crippen molar-refractivity contribution in [1.82, 2.24) is 5.01 Å². The van der Waals surface area contributed by atoms with Crippen molar-refractivity contribution in [3.8, 4) is 0 Å². The number of hydrogen-bond acceptors (Lipinski definition) is 4. The van der Waals surface area contributed by atoms with Crippen molar-refractivity contribution in [2.45, 2.75) is 32.2 Å². The number of nitrogens with zero attached hydrogens (tertiary/aromatic N) is 2. The molecule has 5 nitrogen and oxygen atoms in total. The second-order valence-electron chi connectivity index (χ2n) is 5.99. The fourth-order valence-corrected chi connectivity index (χ4v) is 3.55. The van der Waals surface area contributed by atoms with Gasteiger partial charge >= 0.3 is 0 Å². The number of rotatable bonds is 2. The lowest BCUT2D eigenvalue weighted by Gasteiger charge is -2.27. The van der Waals surface area contributed by atoms with E-state index >= 15 is 0 Å². The Morgan fingerprint density at radius 1 is 1.30 bits per heavy atom. The van der Waals surface area contributed by atoms with E-state index in [2.05, 4.69) is 5.10 Å². The van der Waals surface area contributed by atoms with Crippen molar-refractivity contribution in [3.05, 3.63) is 53.9 Å². The summed E-state index contributed by atoms with van der Waals surface area (Å²) in [5, 5.41) is 6.21. The van der Waals surface area contributed by atoms with Crippen LogP contribution in [0, 0.1) is 5.92 Å². The van der Waals surface area contributed by atoms with Crippen LogP contribution in [0.25, 0.3) is 6.08 Å². The molecule has 3 heterocycles. The van der Waals surface area contributed by atoms with Gasteiger partial charge in [-0.25, -0.2) is 5.01 Å². The standard InChI is InChI=1S/C18H18N2O3/c1-12(21)20-18(16-8-4-10-23-16)15-7-2-5-13(17(15)19-20)11-14-6-3-9-22-14/h3-4,6,8-11,15,18H,2,5,7H2,1H3/b13-11+. The third-order valence-corrected chi connectivity index (χ3v) is 4.52. The topological polar surface area (TPSA) is 59.0 Å². The molecule has 1 fully saturated rings. The molecule has 2 aromatic rings. The largest absolute Gasteiger partial charge is 0.467 e. The molecule has 23 heavy (non-hydrogen) atoms. The summed E-state index contributed by atoms with van der Waals surface area (Å²) < 4.78 is 11.0. The summed E-state index contributed by atoms with van der Waals surface area (Å²) >= 11 is 0. The third-order valence-electron chi connectivity index (χ3n) is 4.52. The lowest BCUT2D eigenvalue weighted by Crippen LogP contribution is -2.30. The molecule has 0 bridgehead atoms. The highest BCUT2D eigenvalue weighted by Crippen LogP contribution is 2.44. The van der Waals surface area contributed by atoms with Crippen LogP contribution in [0.2, 0.25) is 0 Å². The molecule has 0 aromatic carbocycles. The Morgan fingerprint density at radius 3 is 2.83 bits per heavy atom. The molecule has 2 aliphatic rings. The molecular formula is C18H18N2O3. The fraction of sp³-hybridized carbons (Fsp3) is 0.333. The molecule has 1 aliphatic heterocycles. The van der Waals surface area contributed by atoms with Crippen LogP contribution < -0.4 is 0 Å². The van der Waals surface area contributed by atoms with Gasteiger partial charge in [0, 0.05) is 12.8 Å². The normalized spacial score (nSPS) is 25.5. The molecule has 1 saturated carbocycles. The SMILES string of the molecule is CC(=O)N1N=C2/C(=C/c3ccco3)CCCC2C1c1ccco1. The summed E-state index contributed by atoms with van der Waals surface area (Å²) in [5.74, 6) is 1.73. The Labute approximate surface area is 134 Å². The Kier molecular flexibility index (Phi) is 3.41. The molecule has 2 atom stereocenters. The first kappa shape index (κ1) is 14.1. The van der Waals surface area contributed by atoms with Gasteiger partial charge in [0.15, 0.2) is 0 Å². The van der Waals surface area contributed by atoms with Gasteiger partial charge < -0.3 is 8.83 Å². The molecule has 2 unspecified atom stereocenters. The number of amides is 1. The molecule has 0 radical (unpaired) electrons. The molecule has 0 saturated heterocycles. The Bertz CT molecular complexity index is 756. The van der Waals surface area contributed by atoms with E-state index in [4.69, 9.17) is 8.83 Å². The van der Waals surface area contributed by atoms with Crippen molar-refractivity contribution < 1.29 is 13.6 Å². The minimum Gasteiger partial charge on any atom is -0.467 e. The second-order valence-corrected chi connectivity index (χ2v) is 5.99. The van der Waals surface area contributed by atoms with Crippen LogP contribution in [0.15, 0.2) is 56.3 Å². The predicted octanol–water partition coefficient (Wildman–Crippen LogP) is 4.02. The van der Waals surface area contributed by atoms with E-state index in [0.717, 1.165) is 42.1 Å². The maximum Gasteiger partial charge on any atom is 0.240 e. The minimum atomic E-state index is -0.141. The Morgan fingerprint density at radius 2 is 2.13 bits per heavy atom. The van der Waals surface area contributed by atoms with Crippen molar-refractivity contribution in [1.29, 1.82) is 0 Å². The molecule has 1 amide bonds. The van der Waals surface area contributed by atoms with Crippen LogP contribution in [0.4, 0.5) is 0 Å². The number of allylic oxidation sites excluding steroid dienone is 1. The zero-order chi connectivity index (χ0) is 15.8. The van der Waals surface area contributed by atoms with Gasteiger partial charge in [-0.05, 0) is 55.2 Å². The third kappa shape index (κ3) is 2.42. The molecule has 0 N–H and O–H groups in total. The van der Waals surface area contributed by atoms with Gasteiger partial charge in [0.1, 0.15) is 17.6 Å². The van der Waals surface area contributed by atoms with E-state index in [1.165, 1.54) is 0 Å². The summed E-state index contributed by atoms with van der Waals surface area (Å²) in [6, 6.07) is 7.44. The molecular weight excluding hydrogens is 292 g/mol. The number of fused-ring (bicyclic) bond motifs is 1. The zero-order valence-corrected chi connectivity index (χ0v) is 12.9. The van der Waals surface area contributed by atoms with Crippen LogP contribution in [-0.2, 0) is 4.79 Å². The molecule has 1 aliphatic carbocycles. The molecule has 4 rings (SSSR count). The van der Waals surface area contributed by atoms with Gasteiger partial charge in [-0.1, -0.05) is 0 Å². The van der Waals surface area contributed by atoms with E-state index in [-0.39, 0.29) is 17.9 Å². The summed E-state index contributed by atoms with van der Waals surface area (Å²) in [6.07, 6.45) is 8.37. The summed E-state index contributed by atoms with van der Waals surface area (Å²) in [6.45, 7) is 1.55. The average molecular weight is 310 g/mol. The average Bonchev–Trinajstić information content (AvgIpc) is 3.27. The highest BCUT2D eigenvalue weighted by atomic mass is 16.3. The lowest BCUT2D eigenvalue weighted by atomic mass is 9.79. The highest BCUT2D eigenvalue weighted by molar-refractivity contribution is 6.07.